The maximum Gasteiger partial charge on any atom is 0.0470 e. The van der Waals surface area contributed by atoms with Crippen LogP contribution in [0.15, 0.2) is 0 Å². The normalized spacial score (nSPS) is 13.8. The highest BCUT2D eigenvalue weighted by Crippen LogP contribution is 2.16. The zero-order valence-electron chi connectivity index (χ0n) is 8.28. The largest absolute Gasteiger partial charge is 0.0695 e. The van der Waals surface area contributed by atoms with Crippen molar-refractivity contribution in [3.63, 3.8) is 0 Å². The van der Waals surface area contributed by atoms with Crippen LogP contribution in [0.3, 0.4) is 0 Å². The highest BCUT2D eigenvalue weighted by atomic mass is 28.3. The van der Waals surface area contributed by atoms with E-state index in [-0.39, 0.29) is 0 Å². The zero-order valence-corrected chi connectivity index (χ0v) is 10.3. The molecular formula is C8H21Si2. The Hall–Kier alpha value is 0.434. The van der Waals surface area contributed by atoms with Crippen molar-refractivity contribution in [1.82, 2.24) is 0 Å². The summed E-state index contributed by atoms with van der Waals surface area (Å²) in [6.07, 6.45) is 0. The van der Waals surface area contributed by atoms with E-state index < -0.39 is 16.1 Å². The van der Waals surface area contributed by atoms with E-state index >= 15 is 0 Å². The third-order valence-electron chi connectivity index (χ3n) is 1.33. The van der Waals surface area contributed by atoms with Crippen molar-refractivity contribution in [1.29, 1.82) is 0 Å². The number of hydrogen-bond acceptors (Lipinski definition) is 0. The fourth-order valence-corrected chi connectivity index (χ4v) is 5.51. The van der Waals surface area contributed by atoms with Crippen LogP contribution < -0.4 is 0 Å². The molecule has 0 rings (SSSR count). The summed E-state index contributed by atoms with van der Waals surface area (Å²) in [5, 5.41) is 0. The molecule has 0 aromatic carbocycles. The minimum atomic E-state index is -0.857. The Bertz CT molecular complexity index is 80.8. The molecule has 0 nitrogen and oxygen atoms in total. The summed E-state index contributed by atoms with van der Waals surface area (Å²) in [5.74, 6) is 0. The highest BCUT2D eigenvalue weighted by molar-refractivity contribution is 6.84. The van der Waals surface area contributed by atoms with Gasteiger partial charge in [-0.1, -0.05) is 45.3 Å². The van der Waals surface area contributed by atoms with E-state index in [4.69, 9.17) is 0 Å². The highest BCUT2D eigenvalue weighted by Gasteiger charge is 2.19. The molecule has 0 bridgehead atoms. The second-order valence-corrected chi connectivity index (χ2v) is 16.0. The molecule has 1 radical (unpaired) electrons. The fraction of sp³-hybridized carbons (Fsp3) is 0.875. The molecule has 0 amide bonds. The molecule has 0 aliphatic heterocycles. The Kier molecular flexibility index (Phi) is 3.36. The van der Waals surface area contributed by atoms with Gasteiger partial charge in [-0.2, -0.15) is 0 Å². The van der Waals surface area contributed by atoms with Gasteiger partial charge in [-0.3, -0.25) is 0 Å². The molecule has 0 aromatic rings. The van der Waals surface area contributed by atoms with Crippen molar-refractivity contribution in [3.05, 3.63) is 6.04 Å². The molecule has 2 heteroatoms. The predicted molar refractivity (Wildman–Crippen MR) is 55.8 cm³/mol. The van der Waals surface area contributed by atoms with E-state index in [9.17, 15) is 0 Å². The summed E-state index contributed by atoms with van der Waals surface area (Å²) in [6, 6.07) is 4.00. The monoisotopic (exact) mass is 173 g/mol. The van der Waals surface area contributed by atoms with Gasteiger partial charge < -0.3 is 0 Å². The van der Waals surface area contributed by atoms with Crippen molar-refractivity contribution in [2.45, 2.75) is 45.3 Å². The third-order valence-corrected chi connectivity index (χ3v) is 4.59. The van der Waals surface area contributed by atoms with Gasteiger partial charge in [0.15, 0.2) is 0 Å². The quantitative estimate of drug-likeness (QED) is 0.574. The fourth-order valence-electron chi connectivity index (χ4n) is 0.612. The average molecular weight is 173 g/mol. The van der Waals surface area contributed by atoms with E-state index in [1.165, 1.54) is 6.04 Å². The number of rotatable bonds is 3. The zero-order chi connectivity index (χ0) is 8.41. The summed E-state index contributed by atoms with van der Waals surface area (Å²) in [7, 11) is -1.65. The van der Waals surface area contributed by atoms with Crippen LogP contribution in [-0.2, 0) is 0 Å². The van der Waals surface area contributed by atoms with Crippen molar-refractivity contribution < 1.29 is 0 Å². The van der Waals surface area contributed by atoms with Crippen LogP contribution in [0.5, 0.6) is 0 Å². The minimum Gasteiger partial charge on any atom is -0.0695 e. The van der Waals surface area contributed by atoms with E-state index in [0.29, 0.717) is 0 Å². The van der Waals surface area contributed by atoms with Crippen LogP contribution in [0, 0.1) is 6.04 Å². The van der Waals surface area contributed by atoms with Gasteiger partial charge in [0.25, 0.3) is 0 Å². The van der Waals surface area contributed by atoms with E-state index in [0.717, 1.165) is 0 Å². The average Bonchev–Trinajstić information content (AvgIpc) is 1.57. The molecule has 10 heavy (non-hydrogen) atoms. The van der Waals surface area contributed by atoms with Crippen molar-refractivity contribution >= 4 is 16.1 Å². The number of hydrogen-bond donors (Lipinski definition) is 0. The Morgan fingerprint density at radius 1 is 0.900 bits per heavy atom. The van der Waals surface area contributed by atoms with Gasteiger partial charge in [0.05, 0.1) is 0 Å². The standard InChI is InChI=1S/C8H21Si2/c1-9(2,3)7-8-10(4,5)6/h7H,8H2,1-6H3. The third kappa shape index (κ3) is 8.43. The van der Waals surface area contributed by atoms with Crippen LogP contribution in [0.4, 0.5) is 0 Å². The lowest BCUT2D eigenvalue weighted by Crippen LogP contribution is -2.28. The Morgan fingerprint density at radius 3 is 1.40 bits per heavy atom. The Balaban J connectivity index is 3.56. The lowest BCUT2D eigenvalue weighted by atomic mass is 10.9. The molecule has 0 atom stereocenters. The first-order valence-corrected chi connectivity index (χ1v) is 11.3. The lowest BCUT2D eigenvalue weighted by molar-refractivity contribution is 1.42. The Morgan fingerprint density at radius 2 is 1.30 bits per heavy atom. The maximum atomic E-state index is 2.60. The molecular weight excluding hydrogens is 152 g/mol. The van der Waals surface area contributed by atoms with E-state index in [1.54, 1.807) is 0 Å². The van der Waals surface area contributed by atoms with Crippen LogP contribution in [0.1, 0.15) is 0 Å². The predicted octanol–water partition coefficient (Wildman–Crippen LogP) is 3.41. The first-order valence-electron chi connectivity index (χ1n) is 4.05. The molecule has 0 aliphatic carbocycles. The maximum absolute atomic E-state index is 2.60. The molecule has 0 heterocycles. The second-order valence-electron chi connectivity index (χ2n) is 5.33. The molecule has 0 spiro atoms. The molecule has 0 unspecified atom stereocenters. The van der Waals surface area contributed by atoms with Gasteiger partial charge in [-0.15, -0.1) is 0 Å². The van der Waals surface area contributed by atoms with Crippen molar-refractivity contribution in [2.24, 2.45) is 0 Å². The van der Waals surface area contributed by atoms with Gasteiger partial charge in [0.2, 0.25) is 0 Å². The van der Waals surface area contributed by atoms with Gasteiger partial charge >= 0.3 is 0 Å². The lowest BCUT2D eigenvalue weighted by Gasteiger charge is -2.21. The summed E-state index contributed by atoms with van der Waals surface area (Å²) in [5.41, 5.74) is 0. The minimum absolute atomic E-state index is 0.788. The molecule has 0 fully saturated rings. The SMILES string of the molecule is C[Si](C)(C)[CH]C[Si](C)(C)C. The molecule has 0 N–H and O–H groups in total. The van der Waals surface area contributed by atoms with Crippen LogP contribution >= 0.6 is 0 Å². The molecule has 0 aliphatic rings. The van der Waals surface area contributed by atoms with Gasteiger partial charge in [0, 0.05) is 16.1 Å². The van der Waals surface area contributed by atoms with Crippen LogP contribution in [0.2, 0.25) is 45.3 Å². The summed E-state index contributed by atoms with van der Waals surface area (Å²) >= 11 is 0. The van der Waals surface area contributed by atoms with Gasteiger partial charge in [-0.05, 0) is 6.04 Å². The first kappa shape index (κ1) is 10.4. The molecule has 0 saturated heterocycles. The summed E-state index contributed by atoms with van der Waals surface area (Å²) in [6.45, 7) is 14.5. The van der Waals surface area contributed by atoms with Gasteiger partial charge in [-0.25, -0.2) is 0 Å². The first-order chi connectivity index (χ1) is 4.21. The molecule has 0 aromatic heterocycles. The molecule has 0 saturated carbocycles. The van der Waals surface area contributed by atoms with E-state index in [2.05, 4.69) is 45.3 Å². The van der Waals surface area contributed by atoms with Crippen LogP contribution in [-0.4, -0.2) is 16.1 Å². The second kappa shape index (κ2) is 3.22. The summed E-state index contributed by atoms with van der Waals surface area (Å²) in [4.78, 5) is 0. The Labute approximate surface area is 68.1 Å². The smallest absolute Gasteiger partial charge is 0.0470 e. The van der Waals surface area contributed by atoms with Gasteiger partial charge in [0.1, 0.15) is 0 Å². The van der Waals surface area contributed by atoms with Crippen molar-refractivity contribution in [2.75, 3.05) is 0 Å². The van der Waals surface area contributed by atoms with E-state index in [1.807, 2.05) is 0 Å². The topological polar surface area (TPSA) is 0 Å². The van der Waals surface area contributed by atoms with Crippen molar-refractivity contribution in [3.8, 4) is 0 Å². The van der Waals surface area contributed by atoms with Crippen LogP contribution in [0.25, 0.3) is 0 Å². The summed E-state index contributed by atoms with van der Waals surface area (Å²) < 4.78 is 0. The molecule has 61 valence electrons.